The van der Waals surface area contributed by atoms with Crippen molar-refractivity contribution in [2.45, 2.75) is 45.4 Å². The highest BCUT2D eigenvalue weighted by Gasteiger charge is 2.39. The Hall–Kier alpha value is -1.32. The molecule has 0 saturated heterocycles. The number of nitrogens with one attached hydrogen (secondary N) is 1. The first-order chi connectivity index (χ1) is 9.60. The lowest BCUT2D eigenvalue weighted by Crippen LogP contribution is -2.34. The average Bonchev–Trinajstić information content (AvgIpc) is 3.04. The Bertz CT molecular complexity index is 391. The zero-order valence-electron chi connectivity index (χ0n) is 12.2. The minimum Gasteiger partial charge on any atom is -0.481 e. The molecule has 2 bridgehead atoms. The molecular formula is C16H25NO3. The molecule has 1 fully saturated rings. The number of rotatable bonds is 8. The summed E-state index contributed by atoms with van der Waals surface area (Å²) < 4.78 is 0. The Morgan fingerprint density at radius 1 is 1.30 bits per heavy atom. The minimum absolute atomic E-state index is 0.170. The van der Waals surface area contributed by atoms with Crippen molar-refractivity contribution in [2.75, 3.05) is 6.54 Å². The lowest BCUT2D eigenvalue weighted by Gasteiger charge is -2.19. The van der Waals surface area contributed by atoms with Gasteiger partial charge in [0.2, 0.25) is 5.91 Å². The maximum absolute atomic E-state index is 12.1. The molecule has 0 aromatic rings. The van der Waals surface area contributed by atoms with Crippen LogP contribution in [0.3, 0.4) is 0 Å². The fraction of sp³-hybridized carbons (Fsp3) is 0.750. The van der Waals surface area contributed by atoms with Crippen molar-refractivity contribution in [3.05, 3.63) is 12.2 Å². The predicted octanol–water partition coefficient (Wildman–Crippen LogP) is 2.60. The van der Waals surface area contributed by atoms with Crippen LogP contribution in [0.1, 0.15) is 45.4 Å². The van der Waals surface area contributed by atoms with Gasteiger partial charge >= 0.3 is 5.97 Å². The van der Waals surface area contributed by atoms with Crippen molar-refractivity contribution in [3.8, 4) is 0 Å². The first-order valence-electron chi connectivity index (χ1n) is 7.78. The van der Waals surface area contributed by atoms with Crippen LogP contribution in [0.25, 0.3) is 0 Å². The summed E-state index contributed by atoms with van der Waals surface area (Å²) in [6, 6.07) is 0. The van der Waals surface area contributed by atoms with E-state index < -0.39 is 5.97 Å². The van der Waals surface area contributed by atoms with E-state index in [-0.39, 0.29) is 18.2 Å². The first-order valence-corrected chi connectivity index (χ1v) is 7.78. The molecule has 112 valence electrons. The molecule has 20 heavy (non-hydrogen) atoms. The van der Waals surface area contributed by atoms with Crippen molar-refractivity contribution in [3.63, 3.8) is 0 Å². The Labute approximate surface area is 120 Å². The molecule has 2 aliphatic rings. The standard InChI is InChI=1S/C16H25NO3/c1-2-11(4-6-15(18)19)7-8-17-16(20)14-10-12-3-5-13(14)9-12/h3,5,11-14H,2,4,6-10H2,1H3,(H,17,20)(H,18,19). The summed E-state index contributed by atoms with van der Waals surface area (Å²) in [7, 11) is 0. The van der Waals surface area contributed by atoms with Crippen LogP contribution < -0.4 is 5.32 Å². The topological polar surface area (TPSA) is 66.4 Å². The predicted molar refractivity (Wildman–Crippen MR) is 77.1 cm³/mol. The highest BCUT2D eigenvalue weighted by Crippen LogP contribution is 2.43. The lowest BCUT2D eigenvalue weighted by atomic mass is 9.92. The molecule has 1 amide bonds. The van der Waals surface area contributed by atoms with Crippen LogP contribution in [0.2, 0.25) is 0 Å². The first kappa shape index (κ1) is 15.1. The van der Waals surface area contributed by atoms with E-state index in [1.54, 1.807) is 0 Å². The molecule has 1 saturated carbocycles. The van der Waals surface area contributed by atoms with E-state index in [0.29, 0.717) is 30.7 Å². The van der Waals surface area contributed by atoms with Crippen molar-refractivity contribution in [2.24, 2.45) is 23.7 Å². The second kappa shape index (κ2) is 6.91. The van der Waals surface area contributed by atoms with E-state index in [9.17, 15) is 9.59 Å². The molecule has 4 atom stereocenters. The Kier molecular flexibility index (Phi) is 5.21. The summed E-state index contributed by atoms with van der Waals surface area (Å²) >= 11 is 0. The average molecular weight is 279 g/mol. The van der Waals surface area contributed by atoms with E-state index in [1.165, 1.54) is 0 Å². The number of carbonyl (C=O) groups excluding carboxylic acids is 1. The highest BCUT2D eigenvalue weighted by atomic mass is 16.4. The fourth-order valence-corrected chi connectivity index (χ4v) is 3.49. The van der Waals surface area contributed by atoms with Gasteiger partial charge in [-0.2, -0.15) is 0 Å². The number of carbonyl (C=O) groups is 2. The van der Waals surface area contributed by atoms with Crippen molar-refractivity contribution < 1.29 is 14.7 Å². The van der Waals surface area contributed by atoms with Gasteiger partial charge in [-0.15, -0.1) is 0 Å². The number of hydrogen-bond donors (Lipinski definition) is 2. The fourth-order valence-electron chi connectivity index (χ4n) is 3.49. The maximum Gasteiger partial charge on any atom is 0.303 e. The van der Waals surface area contributed by atoms with Crippen molar-refractivity contribution in [1.29, 1.82) is 0 Å². The van der Waals surface area contributed by atoms with Crippen LogP contribution in [-0.2, 0) is 9.59 Å². The Morgan fingerprint density at radius 3 is 2.65 bits per heavy atom. The van der Waals surface area contributed by atoms with Gasteiger partial charge in [-0.25, -0.2) is 0 Å². The summed E-state index contributed by atoms with van der Waals surface area (Å²) in [6.45, 7) is 2.75. The largest absolute Gasteiger partial charge is 0.481 e. The summed E-state index contributed by atoms with van der Waals surface area (Å²) in [5.41, 5.74) is 0. The van der Waals surface area contributed by atoms with Gasteiger partial charge in [0.1, 0.15) is 0 Å². The third-order valence-electron chi connectivity index (χ3n) is 4.81. The van der Waals surface area contributed by atoms with E-state index in [0.717, 1.165) is 25.7 Å². The smallest absolute Gasteiger partial charge is 0.303 e. The van der Waals surface area contributed by atoms with Crippen molar-refractivity contribution >= 4 is 11.9 Å². The van der Waals surface area contributed by atoms with Crippen LogP contribution in [0, 0.1) is 23.7 Å². The lowest BCUT2D eigenvalue weighted by molar-refractivity contribution is -0.137. The van der Waals surface area contributed by atoms with Gasteiger partial charge in [0.25, 0.3) is 0 Å². The monoisotopic (exact) mass is 279 g/mol. The molecule has 0 radical (unpaired) electrons. The number of hydrogen-bond acceptors (Lipinski definition) is 2. The van der Waals surface area contributed by atoms with E-state index in [4.69, 9.17) is 5.11 Å². The highest BCUT2D eigenvalue weighted by molar-refractivity contribution is 5.79. The molecule has 0 aliphatic heterocycles. The number of amides is 1. The number of allylic oxidation sites excluding steroid dienone is 2. The van der Waals surface area contributed by atoms with Crippen molar-refractivity contribution in [1.82, 2.24) is 5.32 Å². The van der Waals surface area contributed by atoms with Crippen LogP contribution in [0.4, 0.5) is 0 Å². The third-order valence-corrected chi connectivity index (χ3v) is 4.81. The molecular weight excluding hydrogens is 254 g/mol. The van der Waals surface area contributed by atoms with Gasteiger partial charge in [0.05, 0.1) is 0 Å². The Morgan fingerprint density at radius 2 is 2.10 bits per heavy atom. The summed E-state index contributed by atoms with van der Waals surface area (Å²) in [5.74, 6) is 1.09. The molecule has 2 rings (SSSR count). The molecule has 4 unspecified atom stereocenters. The number of carboxylic acid groups (broad SMARTS) is 1. The summed E-state index contributed by atoms with van der Waals surface area (Å²) in [4.78, 5) is 22.7. The molecule has 0 aromatic carbocycles. The molecule has 2 aliphatic carbocycles. The summed E-state index contributed by atoms with van der Waals surface area (Å²) in [6.07, 6.45) is 9.37. The van der Waals surface area contributed by atoms with Crippen LogP contribution >= 0.6 is 0 Å². The molecule has 0 spiro atoms. The second-order valence-electron chi connectivity index (χ2n) is 6.17. The van der Waals surface area contributed by atoms with E-state index in [1.807, 2.05) is 0 Å². The van der Waals surface area contributed by atoms with Crippen LogP contribution in [0.15, 0.2) is 12.2 Å². The SMILES string of the molecule is CCC(CCNC(=O)C1CC2C=CC1C2)CCC(=O)O. The normalized spacial score (nSPS) is 28.6. The van der Waals surface area contributed by atoms with Crippen LogP contribution in [-0.4, -0.2) is 23.5 Å². The quantitative estimate of drug-likeness (QED) is 0.671. The van der Waals surface area contributed by atoms with Gasteiger partial charge in [-0.05, 0) is 43.4 Å². The van der Waals surface area contributed by atoms with Gasteiger partial charge < -0.3 is 10.4 Å². The number of carboxylic acids is 1. The molecule has 4 heteroatoms. The van der Waals surface area contributed by atoms with Gasteiger partial charge in [0.15, 0.2) is 0 Å². The number of fused-ring (bicyclic) bond motifs is 2. The second-order valence-corrected chi connectivity index (χ2v) is 6.17. The van der Waals surface area contributed by atoms with E-state index in [2.05, 4.69) is 24.4 Å². The minimum atomic E-state index is -0.735. The summed E-state index contributed by atoms with van der Waals surface area (Å²) in [5, 5.41) is 11.7. The Balaban J connectivity index is 1.65. The molecule has 0 heterocycles. The number of aliphatic carboxylic acids is 1. The maximum atomic E-state index is 12.1. The van der Waals surface area contributed by atoms with Gasteiger partial charge in [0, 0.05) is 18.9 Å². The third kappa shape index (κ3) is 3.84. The molecule has 0 aromatic heterocycles. The molecule has 2 N–H and O–H groups in total. The van der Waals surface area contributed by atoms with Crippen LogP contribution in [0.5, 0.6) is 0 Å². The van der Waals surface area contributed by atoms with E-state index >= 15 is 0 Å². The van der Waals surface area contributed by atoms with Gasteiger partial charge in [-0.1, -0.05) is 25.5 Å². The zero-order valence-corrected chi connectivity index (χ0v) is 12.2. The zero-order chi connectivity index (χ0) is 14.5. The van der Waals surface area contributed by atoms with Gasteiger partial charge in [-0.3, -0.25) is 9.59 Å². The molecule has 4 nitrogen and oxygen atoms in total.